The van der Waals surface area contributed by atoms with Gasteiger partial charge in [0.05, 0.1) is 29.4 Å². The average Bonchev–Trinajstić information content (AvgIpc) is 3.31. The predicted octanol–water partition coefficient (Wildman–Crippen LogP) is 4.56. The van der Waals surface area contributed by atoms with Gasteiger partial charge in [0.2, 0.25) is 0 Å². The number of benzene rings is 1. The summed E-state index contributed by atoms with van der Waals surface area (Å²) in [6, 6.07) is 10.2. The van der Waals surface area contributed by atoms with E-state index in [0.717, 1.165) is 41.8 Å². The van der Waals surface area contributed by atoms with Crippen LogP contribution in [0.1, 0.15) is 54.8 Å². The second-order valence-electron chi connectivity index (χ2n) is 9.54. The zero-order valence-corrected chi connectivity index (χ0v) is 18.4. The molecule has 0 saturated heterocycles. The van der Waals surface area contributed by atoms with Gasteiger partial charge in [-0.2, -0.15) is 5.10 Å². The molecule has 3 unspecified atom stereocenters. The van der Waals surface area contributed by atoms with Crippen molar-refractivity contribution in [2.24, 2.45) is 10.8 Å². The Morgan fingerprint density at radius 2 is 1.94 bits per heavy atom. The lowest BCUT2D eigenvalue weighted by atomic mass is 9.59. The molecule has 3 aromatic rings. The van der Waals surface area contributed by atoms with Crippen molar-refractivity contribution < 1.29 is 14.6 Å². The van der Waals surface area contributed by atoms with Crippen LogP contribution >= 0.6 is 0 Å². The monoisotopic (exact) mass is 433 g/mol. The SMILES string of the molecule is Cc1ccc(C(O)CC2(CO)CCC3=Cc4c(cnn4-c4ccc(F)cc4)CC32C)nc1. The zero-order valence-electron chi connectivity index (χ0n) is 18.4. The summed E-state index contributed by atoms with van der Waals surface area (Å²) in [6.45, 7) is 4.18. The maximum Gasteiger partial charge on any atom is 0.123 e. The van der Waals surface area contributed by atoms with E-state index in [1.807, 2.05) is 29.9 Å². The number of halogens is 1. The zero-order chi connectivity index (χ0) is 22.5. The number of hydrogen-bond acceptors (Lipinski definition) is 4. The Morgan fingerprint density at radius 3 is 2.62 bits per heavy atom. The normalized spacial score (nSPS) is 25.2. The number of aliphatic hydroxyl groups excluding tert-OH is 2. The van der Waals surface area contributed by atoms with Crippen molar-refractivity contribution in [2.75, 3.05) is 6.61 Å². The van der Waals surface area contributed by atoms with Crippen molar-refractivity contribution in [1.82, 2.24) is 14.8 Å². The third-order valence-electron chi connectivity index (χ3n) is 7.73. The van der Waals surface area contributed by atoms with E-state index in [-0.39, 0.29) is 17.8 Å². The summed E-state index contributed by atoms with van der Waals surface area (Å²) in [5.41, 5.74) is 5.17. The van der Waals surface area contributed by atoms with Crippen LogP contribution in [0, 0.1) is 23.6 Å². The lowest BCUT2D eigenvalue weighted by molar-refractivity contribution is -0.0149. The smallest absolute Gasteiger partial charge is 0.123 e. The van der Waals surface area contributed by atoms with Gasteiger partial charge < -0.3 is 10.2 Å². The highest BCUT2D eigenvalue weighted by Gasteiger charge is 2.56. The summed E-state index contributed by atoms with van der Waals surface area (Å²) >= 11 is 0. The number of pyridine rings is 1. The van der Waals surface area contributed by atoms with Crippen LogP contribution in [0.3, 0.4) is 0 Å². The molecule has 2 N–H and O–H groups in total. The van der Waals surface area contributed by atoms with Gasteiger partial charge in [-0.15, -0.1) is 0 Å². The first kappa shape index (κ1) is 21.0. The summed E-state index contributed by atoms with van der Waals surface area (Å²) in [5, 5.41) is 26.2. The standard InChI is InChI=1S/C26H28FN3O2/c1-17-3-8-22(28-14-17)24(32)13-26(16-31)10-9-19-11-23-18(12-25(19,26)2)15-29-30(23)21-6-4-20(27)5-7-21/h3-8,11,14-15,24,31-32H,9-10,12-13,16H2,1-2H3. The first-order valence-electron chi connectivity index (χ1n) is 11.1. The molecule has 3 atom stereocenters. The third-order valence-corrected chi connectivity index (χ3v) is 7.73. The Morgan fingerprint density at radius 1 is 1.16 bits per heavy atom. The quantitative estimate of drug-likeness (QED) is 0.619. The highest BCUT2D eigenvalue weighted by atomic mass is 19.1. The Bertz CT molecular complexity index is 1170. The molecule has 1 saturated carbocycles. The fourth-order valence-electron chi connectivity index (χ4n) is 5.61. The van der Waals surface area contributed by atoms with Gasteiger partial charge in [0.25, 0.3) is 0 Å². The van der Waals surface area contributed by atoms with Gasteiger partial charge in [-0.05, 0) is 80.1 Å². The van der Waals surface area contributed by atoms with E-state index in [9.17, 15) is 14.6 Å². The number of hydrogen-bond donors (Lipinski definition) is 2. The Kier molecular flexibility index (Phi) is 5.02. The minimum absolute atomic E-state index is 0.00515. The van der Waals surface area contributed by atoms with Gasteiger partial charge >= 0.3 is 0 Å². The van der Waals surface area contributed by atoms with Gasteiger partial charge in [-0.1, -0.05) is 18.6 Å². The first-order chi connectivity index (χ1) is 15.3. The van der Waals surface area contributed by atoms with Crippen LogP contribution < -0.4 is 0 Å². The molecule has 1 aromatic carbocycles. The van der Waals surface area contributed by atoms with Crippen LogP contribution in [-0.2, 0) is 6.42 Å². The number of aliphatic hydroxyl groups is 2. The van der Waals surface area contributed by atoms with Crippen LogP contribution in [-0.4, -0.2) is 31.6 Å². The minimum atomic E-state index is -0.734. The summed E-state index contributed by atoms with van der Waals surface area (Å²) in [5.74, 6) is -0.272. The molecule has 5 rings (SSSR count). The lowest BCUT2D eigenvalue weighted by Crippen LogP contribution is -2.43. The summed E-state index contributed by atoms with van der Waals surface area (Å²) in [4.78, 5) is 4.41. The number of aryl methyl sites for hydroxylation is 1. The van der Waals surface area contributed by atoms with Gasteiger partial charge in [0, 0.05) is 23.6 Å². The van der Waals surface area contributed by atoms with E-state index >= 15 is 0 Å². The van der Waals surface area contributed by atoms with Crippen molar-refractivity contribution in [3.8, 4) is 5.69 Å². The van der Waals surface area contributed by atoms with E-state index < -0.39 is 11.5 Å². The summed E-state index contributed by atoms with van der Waals surface area (Å²) in [6.07, 6.45) is 7.95. The molecule has 6 heteroatoms. The highest BCUT2D eigenvalue weighted by molar-refractivity contribution is 5.62. The Balaban J connectivity index is 1.48. The van der Waals surface area contributed by atoms with Crippen LogP contribution in [0.2, 0.25) is 0 Å². The molecule has 0 spiro atoms. The number of allylic oxidation sites excluding steroid dienone is 1. The number of fused-ring (bicyclic) bond motifs is 2. The molecule has 2 aliphatic carbocycles. The Labute approximate surface area is 187 Å². The van der Waals surface area contributed by atoms with Crippen LogP contribution in [0.15, 0.2) is 54.4 Å². The van der Waals surface area contributed by atoms with Crippen molar-refractivity contribution in [3.63, 3.8) is 0 Å². The van der Waals surface area contributed by atoms with E-state index in [2.05, 4.69) is 23.1 Å². The fraction of sp³-hybridized carbons (Fsp3) is 0.385. The van der Waals surface area contributed by atoms with E-state index in [1.165, 1.54) is 17.7 Å². The molecule has 32 heavy (non-hydrogen) atoms. The minimum Gasteiger partial charge on any atom is -0.396 e. The second-order valence-corrected chi connectivity index (χ2v) is 9.54. The number of nitrogens with zero attached hydrogens (tertiary/aromatic N) is 3. The van der Waals surface area contributed by atoms with Crippen molar-refractivity contribution in [3.05, 3.63) is 82.7 Å². The molecule has 2 heterocycles. The van der Waals surface area contributed by atoms with E-state index in [4.69, 9.17) is 0 Å². The van der Waals surface area contributed by atoms with Crippen LogP contribution in [0.25, 0.3) is 11.8 Å². The molecular formula is C26H28FN3O2. The molecule has 0 radical (unpaired) electrons. The van der Waals surface area contributed by atoms with Crippen molar-refractivity contribution in [1.29, 1.82) is 0 Å². The molecular weight excluding hydrogens is 405 g/mol. The van der Waals surface area contributed by atoms with Gasteiger partial charge in [-0.3, -0.25) is 4.98 Å². The van der Waals surface area contributed by atoms with Crippen LogP contribution in [0.5, 0.6) is 0 Å². The maximum absolute atomic E-state index is 13.4. The topological polar surface area (TPSA) is 71.2 Å². The van der Waals surface area contributed by atoms with Crippen LogP contribution in [0.4, 0.5) is 4.39 Å². The first-order valence-corrected chi connectivity index (χ1v) is 11.1. The van der Waals surface area contributed by atoms with Gasteiger partial charge in [0.1, 0.15) is 5.82 Å². The highest BCUT2D eigenvalue weighted by Crippen LogP contribution is 2.62. The molecule has 2 aromatic heterocycles. The van der Waals surface area contributed by atoms with Gasteiger partial charge in [0.15, 0.2) is 0 Å². The lowest BCUT2D eigenvalue weighted by Gasteiger charge is -2.46. The number of aromatic nitrogens is 3. The van der Waals surface area contributed by atoms with Gasteiger partial charge in [-0.25, -0.2) is 9.07 Å². The average molecular weight is 434 g/mol. The maximum atomic E-state index is 13.4. The predicted molar refractivity (Wildman–Crippen MR) is 121 cm³/mol. The van der Waals surface area contributed by atoms with Crippen molar-refractivity contribution in [2.45, 2.75) is 45.6 Å². The molecule has 1 fully saturated rings. The van der Waals surface area contributed by atoms with Crippen molar-refractivity contribution >= 4 is 6.08 Å². The number of rotatable bonds is 5. The molecule has 5 nitrogen and oxygen atoms in total. The molecule has 166 valence electrons. The van der Waals surface area contributed by atoms with E-state index in [0.29, 0.717) is 12.1 Å². The Hall–Kier alpha value is -2.83. The molecule has 0 aliphatic heterocycles. The summed E-state index contributed by atoms with van der Waals surface area (Å²) in [7, 11) is 0. The molecule has 2 aliphatic rings. The fourth-order valence-corrected chi connectivity index (χ4v) is 5.61. The third kappa shape index (κ3) is 3.21. The molecule has 0 amide bonds. The second kappa shape index (κ2) is 7.64. The largest absolute Gasteiger partial charge is 0.396 e. The summed E-state index contributed by atoms with van der Waals surface area (Å²) < 4.78 is 15.2. The molecule has 0 bridgehead atoms. The van der Waals surface area contributed by atoms with E-state index in [1.54, 1.807) is 18.3 Å².